The molecule has 2 aliphatic heterocycles. The van der Waals surface area contributed by atoms with Crippen LogP contribution in [0.25, 0.3) is 16.9 Å². The van der Waals surface area contributed by atoms with Crippen LogP contribution in [0, 0.1) is 0 Å². The molecule has 0 aliphatic carbocycles. The maximum atomic E-state index is 13.5. The van der Waals surface area contributed by atoms with Gasteiger partial charge in [-0.2, -0.15) is 18.3 Å². The quantitative estimate of drug-likeness (QED) is 0.261. The number of aryl methyl sites for hydroxylation is 1. The van der Waals surface area contributed by atoms with Crippen molar-refractivity contribution in [3.63, 3.8) is 0 Å². The van der Waals surface area contributed by atoms with Gasteiger partial charge in [0.05, 0.1) is 23.7 Å². The van der Waals surface area contributed by atoms with Crippen molar-refractivity contribution in [1.82, 2.24) is 39.7 Å². The Morgan fingerprint density at radius 2 is 1.80 bits per heavy atom. The molecule has 44 heavy (non-hydrogen) atoms. The van der Waals surface area contributed by atoms with Gasteiger partial charge in [0.2, 0.25) is 0 Å². The minimum Gasteiger partial charge on any atom is -0.380 e. The predicted molar refractivity (Wildman–Crippen MR) is 154 cm³/mol. The van der Waals surface area contributed by atoms with E-state index in [0.717, 1.165) is 11.8 Å². The number of carbonyl (C=O) groups is 2. The van der Waals surface area contributed by atoms with E-state index in [1.54, 1.807) is 21.9 Å². The third-order valence-corrected chi connectivity index (χ3v) is 8.29. The molecule has 4 aromatic rings. The molecule has 5 heterocycles. The average Bonchev–Trinajstić information content (AvgIpc) is 3.69. The number of H-pyrrole nitrogens is 1. The van der Waals surface area contributed by atoms with Crippen molar-refractivity contribution in [2.75, 3.05) is 44.6 Å². The number of hydrogen-bond donors (Lipinski definition) is 4. The summed E-state index contributed by atoms with van der Waals surface area (Å²) in [4.78, 5) is 38.5. The number of halogens is 3. The highest BCUT2D eigenvalue weighted by atomic mass is 19.4. The first kappa shape index (κ1) is 29.6. The standard InChI is InChI=1S/C29H32F3N9O3/c1-2-18-15-19(37-24-25-35-17-22(41(25)10-9-34-24)21-16-36-38-23(21)29(30,31)32)3-4-20(18)26(42)39-11-13-40(14-12-39)27(43)28(44)5-7-33-8-6-28/h3-4,9-10,15-17,33,44H,2,5-8,11-14H2,1H3,(H,34,37)(H,36,38). The highest BCUT2D eigenvalue weighted by molar-refractivity contribution is 5.96. The van der Waals surface area contributed by atoms with Crippen molar-refractivity contribution in [2.45, 2.75) is 38.0 Å². The number of carbonyl (C=O) groups excluding carboxylic acids is 2. The second-order valence-electron chi connectivity index (χ2n) is 11.0. The SMILES string of the molecule is CCc1cc(Nc2nccn3c(-c4cn[nH]c4C(F)(F)F)cnc23)ccc1C(=O)N1CCN(C(=O)C2(O)CCNCC2)CC1. The molecule has 2 aliphatic rings. The Morgan fingerprint density at radius 3 is 2.50 bits per heavy atom. The highest BCUT2D eigenvalue weighted by Gasteiger charge is 2.41. The van der Waals surface area contributed by atoms with Gasteiger partial charge in [0.15, 0.2) is 11.5 Å². The Hall–Kier alpha value is -4.50. The van der Waals surface area contributed by atoms with Crippen LogP contribution in [0.15, 0.2) is 43.0 Å². The Bertz CT molecular complexity index is 1690. The van der Waals surface area contributed by atoms with E-state index in [2.05, 4.69) is 25.7 Å². The summed E-state index contributed by atoms with van der Waals surface area (Å²) in [5.74, 6) is -0.0811. The fourth-order valence-electron chi connectivity index (χ4n) is 5.84. The zero-order valence-corrected chi connectivity index (χ0v) is 24.0. The third kappa shape index (κ3) is 5.48. The minimum absolute atomic E-state index is 0.134. The van der Waals surface area contributed by atoms with Gasteiger partial charge in [-0.25, -0.2) is 9.97 Å². The summed E-state index contributed by atoms with van der Waals surface area (Å²) >= 11 is 0. The Kier molecular flexibility index (Phi) is 7.75. The lowest BCUT2D eigenvalue weighted by atomic mass is 9.90. The van der Waals surface area contributed by atoms with Crippen molar-refractivity contribution in [3.8, 4) is 11.3 Å². The van der Waals surface area contributed by atoms with E-state index in [0.29, 0.717) is 81.2 Å². The number of amides is 2. The van der Waals surface area contributed by atoms with Gasteiger partial charge in [0.25, 0.3) is 11.8 Å². The zero-order valence-electron chi connectivity index (χ0n) is 24.0. The van der Waals surface area contributed by atoms with E-state index in [1.165, 1.54) is 23.0 Å². The second-order valence-corrected chi connectivity index (χ2v) is 11.0. The molecule has 0 unspecified atom stereocenters. The van der Waals surface area contributed by atoms with E-state index in [4.69, 9.17) is 0 Å². The summed E-state index contributed by atoms with van der Waals surface area (Å²) in [5, 5.41) is 22.7. The third-order valence-electron chi connectivity index (χ3n) is 8.29. The lowest BCUT2D eigenvalue weighted by Gasteiger charge is -2.40. The number of anilines is 2. The molecular formula is C29H32F3N9O3. The van der Waals surface area contributed by atoms with E-state index < -0.39 is 17.5 Å². The van der Waals surface area contributed by atoms with Crippen LogP contribution in [0.1, 0.15) is 41.4 Å². The number of rotatable bonds is 6. The normalized spacial score (nSPS) is 17.2. The summed E-state index contributed by atoms with van der Waals surface area (Å²) in [5.41, 5.74) is 0.0445. The summed E-state index contributed by atoms with van der Waals surface area (Å²) in [7, 11) is 0. The summed E-state index contributed by atoms with van der Waals surface area (Å²) < 4.78 is 41.9. The highest BCUT2D eigenvalue weighted by Crippen LogP contribution is 2.36. The predicted octanol–water partition coefficient (Wildman–Crippen LogP) is 2.84. The van der Waals surface area contributed by atoms with E-state index in [9.17, 15) is 27.9 Å². The van der Waals surface area contributed by atoms with Crippen LogP contribution >= 0.6 is 0 Å². The minimum atomic E-state index is -4.61. The van der Waals surface area contributed by atoms with E-state index >= 15 is 0 Å². The number of aliphatic hydroxyl groups is 1. The lowest BCUT2D eigenvalue weighted by molar-refractivity contribution is -0.155. The Balaban J connectivity index is 1.17. The first-order valence-corrected chi connectivity index (χ1v) is 14.4. The fourth-order valence-corrected chi connectivity index (χ4v) is 5.84. The van der Waals surface area contributed by atoms with Gasteiger partial charge in [-0.15, -0.1) is 0 Å². The number of nitrogens with zero attached hydrogens (tertiary/aromatic N) is 6. The fraction of sp³-hybridized carbons (Fsp3) is 0.414. The molecule has 2 saturated heterocycles. The maximum Gasteiger partial charge on any atom is 0.433 e. The molecule has 0 atom stereocenters. The van der Waals surface area contributed by atoms with E-state index in [-0.39, 0.29) is 23.1 Å². The van der Waals surface area contributed by atoms with Gasteiger partial charge in [-0.1, -0.05) is 6.92 Å². The first-order chi connectivity index (χ1) is 21.1. The lowest BCUT2D eigenvalue weighted by Crippen LogP contribution is -2.59. The number of piperidine rings is 1. The van der Waals surface area contributed by atoms with Crippen molar-refractivity contribution < 1.29 is 27.9 Å². The van der Waals surface area contributed by atoms with Crippen molar-refractivity contribution >= 4 is 29.0 Å². The maximum absolute atomic E-state index is 13.5. The molecule has 2 amide bonds. The Morgan fingerprint density at radius 1 is 1.07 bits per heavy atom. The Labute approximate surface area is 250 Å². The molecule has 0 radical (unpaired) electrons. The number of nitrogens with one attached hydrogen (secondary N) is 3. The van der Waals surface area contributed by atoms with Crippen LogP contribution in [0.3, 0.4) is 0 Å². The largest absolute Gasteiger partial charge is 0.433 e. The van der Waals surface area contributed by atoms with Crippen molar-refractivity contribution in [2.24, 2.45) is 0 Å². The zero-order chi connectivity index (χ0) is 31.1. The van der Waals surface area contributed by atoms with Crippen LogP contribution in [0.2, 0.25) is 0 Å². The van der Waals surface area contributed by atoms with Gasteiger partial charge in [-0.05, 0) is 56.1 Å². The van der Waals surface area contributed by atoms with Crippen LogP contribution in [0.5, 0.6) is 0 Å². The number of alkyl halides is 3. The average molecular weight is 612 g/mol. The van der Waals surface area contributed by atoms with Crippen LogP contribution in [0.4, 0.5) is 24.7 Å². The molecular weight excluding hydrogens is 579 g/mol. The second kappa shape index (κ2) is 11.5. The first-order valence-electron chi connectivity index (χ1n) is 14.4. The van der Waals surface area contributed by atoms with Crippen LogP contribution < -0.4 is 10.6 Å². The van der Waals surface area contributed by atoms with Crippen LogP contribution in [-0.2, 0) is 17.4 Å². The number of piperazine rings is 1. The number of aromatic amines is 1. The molecule has 2 fully saturated rings. The summed E-state index contributed by atoms with van der Waals surface area (Å²) in [6.45, 7) is 4.56. The van der Waals surface area contributed by atoms with Gasteiger partial charge in [-0.3, -0.25) is 19.1 Å². The molecule has 3 aromatic heterocycles. The van der Waals surface area contributed by atoms with Gasteiger partial charge < -0.3 is 25.5 Å². The van der Waals surface area contributed by atoms with Gasteiger partial charge in [0, 0.05) is 49.8 Å². The number of imidazole rings is 1. The topological polar surface area (TPSA) is 144 Å². The molecule has 232 valence electrons. The molecule has 6 rings (SSSR count). The molecule has 1 aromatic carbocycles. The molecule has 0 bridgehead atoms. The molecule has 15 heteroatoms. The van der Waals surface area contributed by atoms with Crippen molar-refractivity contribution in [1.29, 1.82) is 0 Å². The molecule has 4 N–H and O–H groups in total. The number of fused-ring (bicyclic) bond motifs is 1. The number of aromatic nitrogens is 5. The molecule has 12 nitrogen and oxygen atoms in total. The van der Waals surface area contributed by atoms with E-state index in [1.807, 2.05) is 18.1 Å². The summed E-state index contributed by atoms with van der Waals surface area (Å²) in [6, 6.07) is 5.31. The monoisotopic (exact) mass is 611 g/mol. The molecule has 0 saturated carbocycles. The van der Waals surface area contributed by atoms with Gasteiger partial charge >= 0.3 is 6.18 Å². The van der Waals surface area contributed by atoms with Crippen LogP contribution in [-0.4, -0.2) is 96.2 Å². The number of benzene rings is 1. The number of hydrogen-bond acceptors (Lipinski definition) is 8. The van der Waals surface area contributed by atoms with Crippen molar-refractivity contribution in [3.05, 3.63) is 59.8 Å². The summed E-state index contributed by atoms with van der Waals surface area (Å²) in [6.07, 6.45) is 2.14. The molecule has 0 spiro atoms. The van der Waals surface area contributed by atoms with Gasteiger partial charge in [0.1, 0.15) is 11.3 Å². The smallest absolute Gasteiger partial charge is 0.380 e.